The van der Waals surface area contributed by atoms with Crippen LogP contribution >= 0.6 is 0 Å². The van der Waals surface area contributed by atoms with E-state index in [0.29, 0.717) is 44.8 Å². The first-order valence-electron chi connectivity index (χ1n) is 7.42. The van der Waals surface area contributed by atoms with Gasteiger partial charge in [-0.25, -0.2) is 0 Å². The number of carbonyl (C=O) groups excluding carboxylic acids is 1. The standard InChI is InChI=1S/C14H21N3O4/c18-7-12(19)9-1-4-17(5-2-9)14(20)13-10-8-21-6-3-11(10)15-16-13/h9,12,18-19H,1-8H2,(H,15,16). The Balaban J connectivity index is 1.66. The number of fused-ring (bicyclic) bond motifs is 1. The Morgan fingerprint density at radius 2 is 2.24 bits per heavy atom. The van der Waals surface area contributed by atoms with Gasteiger partial charge in [-0.1, -0.05) is 0 Å². The fraction of sp³-hybridized carbons (Fsp3) is 0.714. The second-order valence-electron chi connectivity index (χ2n) is 5.71. The lowest BCUT2D eigenvalue weighted by atomic mass is 9.91. The van der Waals surface area contributed by atoms with Gasteiger partial charge in [0.1, 0.15) is 0 Å². The highest BCUT2D eigenvalue weighted by Gasteiger charge is 2.30. The maximum atomic E-state index is 12.6. The van der Waals surface area contributed by atoms with Gasteiger partial charge in [0.2, 0.25) is 0 Å². The number of H-pyrrole nitrogens is 1. The Kier molecular flexibility index (Phi) is 4.23. The molecule has 1 aromatic rings. The molecule has 1 fully saturated rings. The molecule has 116 valence electrons. The number of rotatable bonds is 3. The highest BCUT2D eigenvalue weighted by molar-refractivity contribution is 5.94. The molecule has 3 N–H and O–H groups in total. The van der Waals surface area contributed by atoms with Gasteiger partial charge in [0.05, 0.1) is 25.9 Å². The predicted octanol–water partition coefficient (Wildman–Crippen LogP) is -0.312. The van der Waals surface area contributed by atoms with E-state index in [-0.39, 0.29) is 18.4 Å². The number of nitrogens with zero attached hydrogens (tertiary/aromatic N) is 2. The van der Waals surface area contributed by atoms with Crippen LogP contribution in [0.3, 0.4) is 0 Å². The lowest BCUT2D eigenvalue weighted by molar-refractivity contribution is 0.0176. The van der Waals surface area contributed by atoms with E-state index < -0.39 is 6.10 Å². The van der Waals surface area contributed by atoms with E-state index >= 15 is 0 Å². The molecule has 7 nitrogen and oxygen atoms in total. The Labute approximate surface area is 122 Å². The van der Waals surface area contributed by atoms with Crippen molar-refractivity contribution >= 4 is 5.91 Å². The monoisotopic (exact) mass is 295 g/mol. The Bertz CT molecular complexity index is 508. The zero-order valence-corrected chi connectivity index (χ0v) is 11.9. The Hall–Kier alpha value is -1.44. The lowest BCUT2D eigenvalue weighted by Gasteiger charge is -2.33. The fourth-order valence-electron chi connectivity index (χ4n) is 3.08. The van der Waals surface area contributed by atoms with Gasteiger partial charge in [-0.05, 0) is 18.8 Å². The third kappa shape index (κ3) is 2.81. The Morgan fingerprint density at radius 1 is 1.48 bits per heavy atom. The number of amides is 1. The lowest BCUT2D eigenvalue weighted by Crippen LogP contribution is -2.42. The first-order chi connectivity index (χ1) is 10.2. The van der Waals surface area contributed by atoms with Crippen molar-refractivity contribution < 1.29 is 19.7 Å². The number of hydrogen-bond acceptors (Lipinski definition) is 5. The Morgan fingerprint density at radius 3 is 2.95 bits per heavy atom. The van der Waals surface area contributed by atoms with Crippen molar-refractivity contribution in [1.29, 1.82) is 0 Å². The van der Waals surface area contributed by atoms with E-state index in [4.69, 9.17) is 9.84 Å². The molecule has 0 aromatic carbocycles. The second-order valence-corrected chi connectivity index (χ2v) is 5.71. The van der Waals surface area contributed by atoms with Gasteiger partial charge in [-0.2, -0.15) is 5.10 Å². The average Bonchev–Trinajstić information content (AvgIpc) is 2.97. The molecule has 1 atom stereocenters. The van der Waals surface area contributed by atoms with Gasteiger partial charge in [0.15, 0.2) is 5.69 Å². The van der Waals surface area contributed by atoms with Gasteiger partial charge in [-0.3, -0.25) is 9.89 Å². The summed E-state index contributed by atoms with van der Waals surface area (Å²) in [6.07, 6.45) is 1.49. The van der Waals surface area contributed by atoms with E-state index in [0.717, 1.165) is 17.7 Å². The minimum absolute atomic E-state index is 0.0653. The number of nitrogens with one attached hydrogen (secondary N) is 1. The average molecular weight is 295 g/mol. The molecular weight excluding hydrogens is 274 g/mol. The SMILES string of the molecule is O=C(c1n[nH]c2c1COCC2)N1CCC(C(O)CO)CC1. The van der Waals surface area contributed by atoms with Crippen molar-refractivity contribution in [2.75, 3.05) is 26.3 Å². The number of aromatic amines is 1. The number of hydrogen-bond donors (Lipinski definition) is 3. The molecule has 3 rings (SSSR count). The molecule has 0 radical (unpaired) electrons. The van der Waals surface area contributed by atoms with Crippen LogP contribution in [0.1, 0.15) is 34.6 Å². The molecule has 0 saturated carbocycles. The number of aromatic nitrogens is 2. The molecule has 1 aromatic heterocycles. The topological polar surface area (TPSA) is 98.7 Å². The zero-order valence-electron chi connectivity index (χ0n) is 11.9. The van der Waals surface area contributed by atoms with Crippen LogP contribution < -0.4 is 0 Å². The minimum atomic E-state index is -0.686. The summed E-state index contributed by atoms with van der Waals surface area (Å²) in [5.41, 5.74) is 2.34. The van der Waals surface area contributed by atoms with Crippen molar-refractivity contribution in [2.24, 2.45) is 5.92 Å². The maximum absolute atomic E-state index is 12.6. The molecule has 0 bridgehead atoms. The minimum Gasteiger partial charge on any atom is -0.394 e. The summed E-state index contributed by atoms with van der Waals surface area (Å²) in [6.45, 7) is 2.05. The van der Waals surface area contributed by atoms with Crippen molar-refractivity contribution in [3.05, 3.63) is 17.0 Å². The molecule has 0 spiro atoms. The number of aliphatic hydroxyl groups is 2. The van der Waals surface area contributed by atoms with Crippen molar-refractivity contribution in [3.63, 3.8) is 0 Å². The fourth-order valence-corrected chi connectivity index (χ4v) is 3.08. The first kappa shape index (κ1) is 14.5. The van der Waals surface area contributed by atoms with E-state index in [1.807, 2.05) is 0 Å². The molecule has 1 amide bonds. The van der Waals surface area contributed by atoms with E-state index in [1.54, 1.807) is 4.90 Å². The molecule has 2 aliphatic heterocycles. The van der Waals surface area contributed by atoms with Gasteiger partial charge >= 0.3 is 0 Å². The molecule has 3 heterocycles. The smallest absolute Gasteiger partial charge is 0.274 e. The molecule has 21 heavy (non-hydrogen) atoms. The van der Waals surface area contributed by atoms with E-state index in [1.165, 1.54) is 0 Å². The maximum Gasteiger partial charge on any atom is 0.274 e. The van der Waals surface area contributed by atoms with E-state index in [9.17, 15) is 9.90 Å². The molecule has 1 unspecified atom stereocenters. The van der Waals surface area contributed by atoms with Crippen LogP contribution in [0.5, 0.6) is 0 Å². The number of piperidine rings is 1. The van der Waals surface area contributed by atoms with Crippen LogP contribution in [-0.2, 0) is 17.8 Å². The van der Waals surface area contributed by atoms with Gasteiger partial charge in [-0.15, -0.1) is 0 Å². The van der Waals surface area contributed by atoms with Crippen LogP contribution in [0.25, 0.3) is 0 Å². The molecular formula is C14H21N3O4. The second kappa shape index (κ2) is 6.13. The van der Waals surface area contributed by atoms with Crippen LogP contribution in [0.15, 0.2) is 0 Å². The summed E-state index contributed by atoms with van der Waals surface area (Å²) in [5.74, 6) is -0.00887. The summed E-state index contributed by atoms with van der Waals surface area (Å²) >= 11 is 0. The van der Waals surface area contributed by atoms with Gasteiger partial charge < -0.3 is 19.8 Å². The number of carbonyl (C=O) groups is 1. The number of aliphatic hydroxyl groups excluding tert-OH is 2. The van der Waals surface area contributed by atoms with Crippen molar-refractivity contribution in [2.45, 2.75) is 32.0 Å². The van der Waals surface area contributed by atoms with Crippen LogP contribution in [0.2, 0.25) is 0 Å². The first-order valence-corrected chi connectivity index (χ1v) is 7.42. The zero-order chi connectivity index (χ0) is 14.8. The molecule has 0 aliphatic carbocycles. The number of likely N-dealkylation sites (tertiary alicyclic amines) is 1. The normalized spacial score (nSPS) is 21.1. The largest absolute Gasteiger partial charge is 0.394 e. The quantitative estimate of drug-likeness (QED) is 0.710. The molecule has 2 aliphatic rings. The third-order valence-electron chi connectivity index (χ3n) is 4.46. The van der Waals surface area contributed by atoms with Crippen LogP contribution in [0.4, 0.5) is 0 Å². The summed E-state index contributed by atoms with van der Waals surface area (Å²) in [6, 6.07) is 0. The van der Waals surface area contributed by atoms with E-state index in [2.05, 4.69) is 10.2 Å². The summed E-state index contributed by atoms with van der Waals surface area (Å²) in [5, 5.41) is 25.7. The summed E-state index contributed by atoms with van der Waals surface area (Å²) < 4.78 is 5.40. The predicted molar refractivity (Wildman–Crippen MR) is 73.7 cm³/mol. The molecule has 1 saturated heterocycles. The summed E-state index contributed by atoms with van der Waals surface area (Å²) in [7, 11) is 0. The van der Waals surface area contributed by atoms with Gasteiger partial charge in [0.25, 0.3) is 5.91 Å². The van der Waals surface area contributed by atoms with Crippen molar-refractivity contribution in [3.8, 4) is 0 Å². The number of ether oxygens (including phenoxy) is 1. The van der Waals surface area contributed by atoms with Crippen molar-refractivity contribution in [1.82, 2.24) is 15.1 Å². The highest BCUT2D eigenvalue weighted by atomic mass is 16.5. The van der Waals surface area contributed by atoms with Gasteiger partial charge in [0, 0.05) is 30.8 Å². The highest BCUT2D eigenvalue weighted by Crippen LogP contribution is 2.24. The molecule has 7 heteroatoms. The summed E-state index contributed by atoms with van der Waals surface area (Å²) in [4.78, 5) is 14.3. The van der Waals surface area contributed by atoms with Crippen LogP contribution in [0, 0.1) is 5.92 Å². The third-order valence-corrected chi connectivity index (χ3v) is 4.46. The van der Waals surface area contributed by atoms with Crippen LogP contribution in [-0.4, -0.2) is 63.6 Å².